The Morgan fingerprint density at radius 1 is 0.850 bits per heavy atom. The molecule has 2 aromatic carbocycles. The molecule has 2 heterocycles. The Bertz CT molecular complexity index is 926. The molecule has 3 heteroatoms. The third-order valence-electron chi connectivity index (χ3n) is 3.43. The lowest BCUT2D eigenvalue weighted by atomic mass is 10.0. The molecular formula is C17H10INS. The Labute approximate surface area is 134 Å². The van der Waals surface area contributed by atoms with Crippen molar-refractivity contribution in [2.24, 2.45) is 0 Å². The SMILES string of the molecule is Ic1cc2ccnc(-c3ccc4ccccc4c3)c2s1. The molecule has 0 spiro atoms. The second-order valence-corrected chi connectivity index (χ2v) is 7.64. The Balaban J connectivity index is 2.00. The standard InChI is InChI=1S/C17H10INS/c18-15-10-14-7-8-19-16(17(14)20-15)13-6-5-11-3-1-2-4-12(11)9-13/h1-10H. The summed E-state index contributed by atoms with van der Waals surface area (Å²) in [6.07, 6.45) is 1.90. The summed E-state index contributed by atoms with van der Waals surface area (Å²) in [6.45, 7) is 0. The summed E-state index contributed by atoms with van der Waals surface area (Å²) in [4.78, 5) is 4.60. The van der Waals surface area contributed by atoms with E-state index in [-0.39, 0.29) is 0 Å². The molecule has 0 saturated heterocycles. The van der Waals surface area contributed by atoms with E-state index in [4.69, 9.17) is 0 Å². The first-order valence-electron chi connectivity index (χ1n) is 6.34. The highest BCUT2D eigenvalue weighted by Gasteiger charge is 2.09. The van der Waals surface area contributed by atoms with E-state index in [1.165, 1.54) is 29.3 Å². The van der Waals surface area contributed by atoms with Crippen LogP contribution in [0.4, 0.5) is 0 Å². The molecule has 0 bridgehead atoms. The van der Waals surface area contributed by atoms with Gasteiger partial charge in [0, 0.05) is 11.8 Å². The van der Waals surface area contributed by atoms with Gasteiger partial charge in [0.2, 0.25) is 0 Å². The molecule has 0 aliphatic heterocycles. The van der Waals surface area contributed by atoms with Crippen molar-refractivity contribution >= 4 is 54.8 Å². The summed E-state index contributed by atoms with van der Waals surface area (Å²) in [6, 6.07) is 19.3. The minimum absolute atomic E-state index is 1.08. The predicted molar refractivity (Wildman–Crippen MR) is 95.3 cm³/mol. The zero-order valence-electron chi connectivity index (χ0n) is 10.5. The highest BCUT2D eigenvalue weighted by molar-refractivity contribution is 14.1. The van der Waals surface area contributed by atoms with Crippen LogP contribution in [0.25, 0.3) is 32.1 Å². The second-order valence-electron chi connectivity index (χ2n) is 4.69. The average Bonchev–Trinajstić information content (AvgIpc) is 2.86. The fourth-order valence-electron chi connectivity index (χ4n) is 2.48. The van der Waals surface area contributed by atoms with Gasteiger partial charge < -0.3 is 0 Å². The number of rotatable bonds is 1. The lowest BCUT2D eigenvalue weighted by Crippen LogP contribution is -1.83. The summed E-state index contributed by atoms with van der Waals surface area (Å²) >= 11 is 4.18. The van der Waals surface area contributed by atoms with Crippen molar-refractivity contribution in [1.29, 1.82) is 0 Å². The molecule has 0 aliphatic carbocycles. The van der Waals surface area contributed by atoms with Crippen molar-refractivity contribution in [3.63, 3.8) is 0 Å². The van der Waals surface area contributed by atoms with E-state index >= 15 is 0 Å². The van der Waals surface area contributed by atoms with Crippen LogP contribution in [0, 0.1) is 2.88 Å². The van der Waals surface area contributed by atoms with Crippen LogP contribution in [-0.2, 0) is 0 Å². The average molecular weight is 387 g/mol. The Morgan fingerprint density at radius 2 is 1.70 bits per heavy atom. The van der Waals surface area contributed by atoms with Crippen molar-refractivity contribution in [3.05, 3.63) is 63.7 Å². The highest BCUT2D eigenvalue weighted by atomic mass is 127. The minimum Gasteiger partial charge on any atom is -0.255 e. The number of pyridine rings is 1. The zero-order valence-corrected chi connectivity index (χ0v) is 13.5. The molecule has 4 rings (SSSR count). The highest BCUT2D eigenvalue weighted by Crippen LogP contribution is 2.34. The monoisotopic (exact) mass is 387 g/mol. The first-order valence-corrected chi connectivity index (χ1v) is 8.24. The van der Waals surface area contributed by atoms with Crippen molar-refractivity contribution < 1.29 is 0 Å². The largest absolute Gasteiger partial charge is 0.255 e. The van der Waals surface area contributed by atoms with Gasteiger partial charge >= 0.3 is 0 Å². The number of fused-ring (bicyclic) bond motifs is 2. The van der Waals surface area contributed by atoms with Crippen LogP contribution in [-0.4, -0.2) is 4.98 Å². The maximum Gasteiger partial charge on any atom is 0.0880 e. The van der Waals surface area contributed by atoms with Crippen molar-refractivity contribution in [1.82, 2.24) is 4.98 Å². The van der Waals surface area contributed by atoms with Gasteiger partial charge in [0.1, 0.15) is 0 Å². The van der Waals surface area contributed by atoms with Gasteiger partial charge in [-0.15, -0.1) is 11.3 Å². The van der Waals surface area contributed by atoms with Crippen LogP contribution in [0.3, 0.4) is 0 Å². The fraction of sp³-hybridized carbons (Fsp3) is 0. The molecule has 0 N–H and O–H groups in total. The number of hydrogen-bond donors (Lipinski definition) is 0. The number of nitrogens with zero attached hydrogens (tertiary/aromatic N) is 1. The summed E-state index contributed by atoms with van der Waals surface area (Å²) < 4.78 is 2.57. The molecule has 0 amide bonds. The van der Waals surface area contributed by atoms with Crippen molar-refractivity contribution in [3.8, 4) is 11.3 Å². The maximum atomic E-state index is 4.60. The summed E-state index contributed by atoms with van der Waals surface area (Å²) in [5, 5.41) is 3.80. The molecule has 2 aromatic heterocycles. The Kier molecular flexibility index (Phi) is 2.97. The Hall–Kier alpha value is -1.46. The fourth-order valence-corrected chi connectivity index (χ4v) is 4.36. The van der Waals surface area contributed by atoms with E-state index in [0.717, 1.165) is 5.69 Å². The van der Waals surface area contributed by atoms with E-state index in [0.29, 0.717) is 0 Å². The summed E-state index contributed by atoms with van der Waals surface area (Å²) in [5.41, 5.74) is 2.27. The maximum absolute atomic E-state index is 4.60. The molecule has 1 nitrogen and oxygen atoms in total. The minimum atomic E-state index is 1.08. The van der Waals surface area contributed by atoms with E-state index in [1.54, 1.807) is 11.3 Å². The second kappa shape index (κ2) is 4.82. The van der Waals surface area contributed by atoms with Gasteiger partial charge in [-0.05, 0) is 56.9 Å². The van der Waals surface area contributed by atoms with Crippen molar-refractivity contribution in [2.75, 3.05) is 0 Å². The molecule has 20 heavy (non-hydrogen) atoms. The molecule has 0 radical (unpaired) electrons. The first kappa shape index (κ1) is 12.3. The van der Waals surface area contributed by atoms with Gasteiger partial charge in [0.05, 0.1) is 13.3 Å². The van der Waals surface area contributed by atoms with Gasteiger partial charge in [-0.3, -0.25) is 4.98 Å². The third-order valence-corrected chi connectivity index (χ3v) is 5.34. The smallest absolute Gasteiger partial charge is 0.0880 e. The first-order chi connectivity index (χ1) is 9.81. The van der Waals surface area contributed by atoms with Gasteiger partial charge in [-0.25, -0.2) is 0 Å². The molecule has 0 atom stereocenters. The lowest BCUT2D eigenvalue weighted by Gasteiger charge is -2.04. The van der Waals surface area contributed by atoms with Crippen molar-refractivity contribution in [2.45, 2.75) is 0 Å². The summed E-state index contributed by atoms with van der Waals surface area (Å²) in [5.74, 6) is 0. The van der Waals surface area contributed by atoms with E-state index in [1.807, 2.05) is 6.20 Å². The van der Waals surface area contributed by atoms with Crippen LogP contribution in [0.5, 0.6) is 0 Å². The summed E-state index contributed by atoms with van der Waals surface area (Å²) in [7, 11) is 0. The Morgan fingerprint density at radius 3 is 2.60 bits per heavy atom. The zero-order chi connectivity index (χ0) is 13.5. The molecule has 4 aromatic rings. The van der Waals surface area contributed by atoms with Gasteiger partial charge in [-0.1, -0.05) is 36.4 Å². The van der Waals surface area contributed by atoms with Crippen LogP contribution < -0.4 is 0 Å². The van der Waals surface area contributed by atoms with E-state index in [9.17, 15) is 0 Å². The number of benzene rings is 2. The predicted octanol–water partition coefficient (Wildman–Crippen LogP) is 5.72. The van der Waals surface area contributed by atoms with E-state index < -0.39 is 0 Å². The van der Waals surface area contributed by atoms with Crippen LogP contribution in [0.15, 0.2) is 60.8 Å². The molecular weight excluding hydrogens is 377 g/mol. The molecule has 0 fully saturated rings. The van der Waals surface area contributed by atoms with Gasteiger partial charge in [-0.2, -0.15) is 0 Å². The molecule has 0 unspecified atom stereocenters. The number of aromatic nitrogens is 1. The van der Waals surface area contributed by atoms with Crippen LogP contribution >= 0.6 is 33.9 Å². The lowest BCUT2D eigenvalue weighted by molar-refractivity contribution is 1.37. The molecule has 0 aliphatic rings. The number of hydrogen-bond acceptors (Lipinski definition) is 2. The number of halogens is 1. The normalized spacial score (nSPS) is 11.2. The molecule has 96 valence electrons. The molecule has 0 saturated carbocycles. The van der Waals surface area contributed by atoms with Crippen LogP contribution in [0.2, 0.25) is 0 Å². The number of thiophene rings is 1. The van der Waals surface area contributed by atoms with Gasteiger partial charge in [0.15, 0.2) is 0 Å². The quantitative estimate of drug-likeness (QED) is 0.381. The van der Waals surface area contributed by atoms with Gasteiger partial charge in [0.25, 0.3) is 0 Å². The van der Waals surface area contributed by atoms with E-state index in [2.05, 4.69) is 82.2 Å². The van der Waals surface area contributed by atoms with Crippen LogP contribution in [0.1, 0.15) is 0 Å². The topological polar surface area (TPSA) is 12.9 Å². The third kappa shape index (κ3) is 2.01.